The molecule has 3 atom stereocenters. The summed E-state index contributed by atoms with van der Waals surface area (Å²) in [4.78, 5) is 11.5. The molecule has 266 valence electrons. The molecule has 0 saturated carbocycles. The van der Waals surface area contributed by atoms with Gasteiger partial charge in [0.2, 0.25) is 8.32 Å². The standard InChI is InChI=1S/C38H72O5Si3/c1-15-19-29-38(8,43-44(10,11)12)30-25-27-33-32(26-23-21-20-22-24-28-36(39)40-9)34(41-45(13,14)37(5,6)7)31-35(33)42-46(16-2,17-3)18-4/h21-22,25,27,33,35H,15-19,23-24,26,28-31H2,1-14H3/b27-25+. The van der Waals surface area contributed by atoms with Crippen LogP contribution in [0, 0.1) is 5.92 Å². The van der Waals surface area contributed by atoms with E-state index < -0.39 is 25.0 Å². The van der Waals surface area contributed by atoms with Crippen LogP contribution in [0.4, 0.5) is 0 Å². The van der Waals surface area contributed by atoms with Gasteiger partial charge in [0.05, 0.1) is 24.6 Å². The highest BCUT2D eigenvalue weighted by Gasteiger charge is 2.45. The van der Waals surface area contributed by atoms with Gasteiger partial charge in [-0.3, -0.25) is 4.79 Å². The summed E-state index contributed by atoms with van der Waals surface area (Å²) in [5, 5.41) is 0.113. The van der Waals surface area contributed by atoms with Crippen molar-refractivity contribution < 1.29 is 22.8 Å². The Bertz CT molecular complexity index is 1050. The monoisotopic (exact) mass is 692 g/mol. The Morgan fingerprint density at radius 3 is 2.09 bits per heavy atom. The maximum atomic E-state index is 11.5. The molecule has 1 rings (SSSR count). The van der Waals surface area contributed by atoms with Crippen LogP contribution in [0.3, 0.4) is 0 Å². The Kier molecular flexibility index (Phi) is 17.8. The average Bonchev–Trinajstić information content (AvgIpc) is 3.26. The van der Waals surface area contributed by atoms with Crippen LogP contribution in [0.5, 0.6) is 0 Å². The normalized spacial score (nSPS) is 19.3. The van der Waals surface area contributed by atoms with Crippen molar-refractivity contribution in [3.8, 4) is 0 Å². The molecule has 0 aliphatic heterocycles. The Morgan fingerprint density at radius 2 is 1.57 bits per heavy atom. The number of hydrogen-bond acceptors (Lipinski definition) is 5. The molecule has 0 fully saturated rings. The SMILES string of the molecule is CCCCC(C)(C/C=C/C1C(CCC=C=CCCC(=O)OC)=C(O[Si](C)(C)C(C)(C)C)CC1O[Si](CC)(CC)CC)O[Si](C)(C)C. The molecule has 0 amide bonds. The van der Waals surface area contributed by atoms with Crippen molar-refractivity contribution in [2.75, 3.05) is 7.11 Å². The second-order valence-electron chi connectivity index (χ2n) is 16.1. The summed E-state index contributed by atoms with van der Waals surface area (Å²) in [6.07, 6.45) is 17.0. The molecule has 0 saturated heterocycles. The molecule has 3 unspecified atom stereocenters. The Morgan fingerprint density at radius 1 is 0.957 bits per heavy atom. The lowest BCUT2D eigenvalue weighted by Gasteiger charge is -2.37. The van der Waals surface area contributed by atoms with Crippen LogP contribution in [0.1, 0.15) is 113 Å². The molecule has 0 heterocycles. The highest BCUT2D eigenvalue weighted by molar-refractivity contribution is 6.74. The van der Waals surface area contributed by atoms with E-state index in [9.17, 15) is 4.79 Å². The minimum atomic E-state index is -2.05. The molecule has 0 aromatic carbocycles. The predicted octanol–water partition coefficient (Wildman–Crippen LogP) is 11.9. The highest BCUT2D eigenvalue weighted by atomic mass is 28.4. The number of rotatable bonds is 21. The second-order valence-corrected chi connectivity index (χ2v) is 29.9. The third-order valence-electron chi connectivity index (χ3n) is 10.1. The van der Waals surface area contributed by atoms with Crippen molar-refractivity contribution in [3.63, 3.8) is 0 Å². The molecular weight excluding hydrogens is 621 g/mol. The van der Waals surface area contributed by atoms with Crippen LogP contribution in [0.25, 0.3) is 0 Å². The van der Waals surface area contributed by atoms with Gasteiger partial charge < -0.3 is 18.0 Å². The summed E-state index contributed by atoms with van der Waals surface area (Å²) in [6.45, 7) is 30.1. The molecule has 46 heavy (non-hydrogen) atoms. The van der Waals surface area contributed by atoms with E-state index in [0.717, 1.165) is 50.2 Å². The van der Waals surface area contributed by atoms with Gasteiger partial charge in [-0.2, -0.15) is 0 Å². The molecule has 0 aromatic rings. The first-order valence-electron chi connectivity index (χ1n) is 18.2. The van der Waals surface area contributed by atoms with Crippen molar-refractivity contribution in [2.45, 2.75) is 181 Å². The average molecular weight is 693 g/mol. The zero-order chi connectivity index (χ0) is 35.2. The van der Waals surface area contributed by atoms with Gasteiger partial charge in [0, 0.05) is 18.8 Å². The fourth-order valence-electron chi connectivity index (χ4n) is 6.12. The molecule has 0 N–H and O–H groups in total. The molecule has 8 heteroatoms. The van der Waals surface area contributed by atoms with Crippen LogP contribution in [-0.4, -0.2) is 49.7 Å². The molecule has 0 radical (unpaired) electrons. The molecule has 1 aliphatic carbocycles. The molecule has 0 spiro atoms. The van der Waals surface area contributed by atoms with Gasteiger partial charge in [0.25, 0.3) is 0 Å². The summed E-state index contributed by atoms with van der Waals surface area (Å²) in [7, 11) is -4.19. The van der Waals surface area contributed by atoms with Gasteiger partial charge in [-0.15, -0.1) is 5.73 Å². The smallest absolute Gasteiger partial charge is 0.305 e. The number of ether oxygens (including phenoxy) is 1. The minimum Gasteiger partial charge on any atom is -0.546 e. The van der Waals surface area contributed by atoms with Gasteiger partial charge >= 0.3 is 5.97 Å². The highest BCUT2D eigenvalue weighted by Crippen LogP contribution is 2.46. The first-order valence-corrected chi connectivity index (χ1v) is 27.1. The van der Waals surface area contributed by atoms with Crippen LogP contribution >= 0.6 is 0 Å². The molecule has 1 aliphatic rings. The first-order chi connectivity index (χ1) is 21.3. The molecule has 5 nitrogen and oxygen atoms in total. The Labute approximate surface area is 288 Å². The van der Waals surface area contributed by atoms with E-state index >= 15 is 0 Å². The third-order valence-corrected chi connectivity index (χ3v) is 20.2. The van der Waals surface area contributed by atoms with Crippen molar-refractivity contribution in [1.82, 2.24) is 0 Å². The van der Waals surface area contributed by atoms with Gasteiger partial charge in [0.1, 0.15) is 0 Å². The van der Waals surface area contributed by atoms with Crippen LogP contribution < -0.4 is 0 Å². The Balaban J connectivity index is 3.56. The summed E-state index contributed by atoms with van der Waals surface area (Å²) >= 11 is 0. The van der Waals surface area contributed by atoms with Crippen molar-refractivity contribution in [3.05, 3.63) is 41.4 Å². The fraction of sp³-hybridized carbons (Fsp3) is 0.789. The van der Waals surface area contributed by atoms with E-state index in [1.54, 1.807) is 0 Å². The zero-order valence-electron chi connectivity index (χ0n) is 32.5. The van der Waals surface area contributed by atoms with Crippen molar-refractivity contribution in [1.29, 1.82) is 0 Å². The van der Waals surface area contributed by atoms with Gasteiger partial charge in [-0.25, -0.2) is 0 Å². The maximum absolute atomic E-state index is 11.5. The van der Waals surface area contributed by atoms with E-state index in [1.807, 2.05) is 6.08 Å². The maximum Gasteiger partial charge on any atom is 0.305 e. The topological polar surface area (TPSA) is 54.0 Å². The van der Waals surface area contributed by atoms with Gasteiger partial charge in [0.15, 0.2) is 16.6 Å². The third kappa shape index (κ3) is 14.1. The number of carbonyl (C=O) groups is 1. The largest absolute Gasteiger partial charge is 0.546 e. The molecular formula is C38H72O5Si3. The fourth-order valence-corrected chi connectivity index (χ4v) is 11.8. The van der Waals surface area contributed by atoms with E-state index in [0.29, 0.717) is 12.8 Å². The number of unbranched alkanes of at least 4 members (excludes halogenated alkanes) is 1. The number of carbonyl (C=O) groups excluding carboxylic acids is 1. The number of methoxy groups -OCH3 is 1. The number of allylic oxidation sites excluding steroid dienone is 1. The van der Waals surface area contributed by atoms with E-state index in [2.05, 4.69) is 112 Å². The van der Waals surface area contributed by atoms with E-state index in [4.69, 9.17) is 18.0 Å². The Hall–Kier alpha value is -1.16. The quantitative estimate of drug-likeness (QED) is 0.0519. The lowest BCUT2D eigenvalue weighted by Crippen LogP contribution is -2.42. The summed E-state index contributed by atoms with van der Waals surface area (Å²) in [6, 6.07) is 3.41. The molecule has 0 bridgehead atoms. The van der Waals surface area contributed by atoms with Gasteiger partial charge in [-0.1, -0.05) is 73.5 Å². The van der Waals surface area contributed by atoms with Gasteiger partial charge in [-0.05, 0) is 113 Å². The van der Waals surface area contributed by atoms with E-state index in [1.165, 1.54) is 31.3 Å². The summed E-state index contributed by atoms with van der Waals surface area (Å²) < 4.78 is 26.1. The lowest BCUT2D eigenvalue weighted by molar-refractivity contribution is -0.140. The lowest BCUT2D eigenvalue weighted by atomic mass is 9.91. The zero-order valence-corrected chi connectivity index (χ0v) is 35.5. The minimum absolute atomic E-state index is 0.108. The number of esters is 1. The van der Waals surface area contributed by atoms with E-state index in [-0.39, 0.29) is 28.6 Å². The van der Waals surface area contributed by atoms with Crippen molar-refractivity contribution in [2.24, 2.45) is 5.92 Å². The van der Waals surface area contributed by atoms with Crippen molar-refractivity contribution >= 4 is 30.9 Å². The van der Waals surface area contributed by atoms with Crippen LogP contribution in [0.15, 0.2) is 41.4 Å². The summed E-state index contributed by atoms with van der Waals surface area (Å²) in [5.41, 5.74) is 4.55. The van der Waals surface area contributed by atoms with Crippen LogP contribution in [-0.2, 0) is 22.8 Å². The summed E-state index contributed by atoms with van der Waals surface area (Å²) in [5.74, 6) is 1.18. The first kappa shape index (κ1) is 42.9. The molecule has 0 aromatic heterocycles. The predicted molar refractivity (Wildman–Crippen MR) is 205 cm³/mol. The van der Waals surface area contributed by atoms with Crippen LogP contribution in [0.2, 0.25) is 55.9 Å². The number of hydrogen-bond donors (Lipinski definition) is 0. The second kappa shape index (κ2) is 19.1.